The topological polar surface area (TPSA) is 17.1 Å². The van der Waals surface area contributed by atoms with Crippen molar-refractivity contribution in [1.82, 2.24) is 0 Å². The van der Waals surface area contributed by atoms with Gasteiger partial charge in [0.2, 0.25) is 0 Å². The molecule has 0 fully saturated rings. The Kier molecular flexibility index (Phi) is 24.1. The largest absolute Gasteiger partial charge is 0.287 e. The van der Waals surface area contributed by atoms with Crippen molar-refractivity contribution in [1.29, 1.82) is 0 Å². The molecule has 2 heteroatoms. The molecule has 0 aromatic carbocycles. The Morgan fingerprint density at radius 2 is 1.00 bits per heavy atom. The minimum Gasteiger partial charge on any atom is -0.287 e. The van der Waals surface area contributed by atoms with Crippen molar-refractivity contribution in [2.75, 3.05) is 5.75 Å². The molecule has 0 aliphatic heterocycles. The highest BCUT2D eigenvalue weighted by molar-refractivity contribution is 8.13. The van der Waals surface area contributed by atoms with Gasteiger partial charge in [0.25, 0.3) is 0 Å². The fraction of sp³-hybridized carbons (Fsp3) is 0.808. The molecule has 0 atom stereocenters. The van der Waals surface area contributed by atoms with E-state index < -0.39 is 0 Å². The van der Waals surface area contributed by atoms with Crippen molar-refractivity contribution < 1.29 is 4.79 Å². The number of unbranched alkanes of at least 4 members (excludes halogenated alkanes) is 14. The second kappa shape index (κ2) is 24.5. The Hall–Kier alpha value is -0.500. The molecule has 0 saturated carbocycles. The highest BCUT2D eigenvalue weighted by Gasteiger charge is 2.00. The van der Waals surface area contributed by atoms with Crippen LogP contribution in [-0.2, 0) is 4.79 Å². The van der Waals surface area contributed by atoms with E-state index in [0.717, 1.165) is 18.6 Å². The van der Waals surface area contributed by atoms with Gasteiger partial charge in [0.05, 0.1) is 0 Å². The molecule has 0 saturated heterocycles. The summed E-state index contributed by atoms with van der Waals surface area (Å²) in [4.78, 5) is 11.4. The Morgan fingerprint density at radius 1 is 0.571 bits per heavy atom. The van der Waals surface area contributed by atoms with Crippen LogP contribution in [0, 0.1) is 0 Å². The average Bonchev–Trinajstić information content (AvgIpc) is 2.69. The molecule has 0 aromatic rings. The number of hydrogen-bond donors (Lipinski definition) is 0. The standard InChI is InChI=1S/C26H48OS/c1-3-5-6-7-8-9-10-11-12-13-14-15-16-17-18-19-20-21-22-23-24-25-26(27)28-4-2/h6-7,10-11H,3-5,8-9,12-25H2,1-2H3/b7-6+,11-10+. The maximum Gasteiger partial charge on any atom is 0.188 e. The first-order valence-electron chi connectivity index (χ1n) is 12.3. The zero-order valence-corrected chi connectivity index (χ0v) is 19.9. The molecule has 0 aliphatic carbocycles. The van der Waals surface area contributed by atoms with Crippen LogP contribution in [0.4, 0.5) is 0 Å². The van der Waals surface area contributed by atoms with Gasteiger partial charge >= 0.3 is 0 Å². The van der Waals surface area contributed by atoms with Crippen LogP contribution in [0.15, 0.2) is 24.3 Å². The Labute approximate surface area is 181 Å². The van der Waals surface area contributed by atoms with Gasteiger partial charge in [-0.15, -0.1) is 0 Å². The summed E-state index contributed by atoms with van der Waals surface area (Å²) in [6.07, 6.45) is 32.5. The molecule has 0 heterocycles. The molecule has 0 amide bonds. The molecule has 28 heavy (non-hydrogen) atoms. The van der Waals surface area contributed by atoms with Crippen LogP contribution < -0.4 is 0 Å². The summed E-state index contributed by atoms with van der Waals surface area (Å²) in [6.45, 7) is 4.28. The van der Waals surface area contributed by atoms with Crippen molar-refractivity contribution in [3.8, 4) is 0 Å². The second-order valence-electron chi connectivity index (χ2n) is 7.90. The number of carbonyl (C=O) groups is 1. The lowest BCUT2D eigenvalue weighted by Gasteiger charge is -2.03. The molecule has 0 aliphatic rings. The third kappa shape index (κ3) is 23.5. The van der Waals surface area contributed by atoms with Crippen LogP contribution in [0.5, 0.6) is 0 Å². The molecule has 0 bridgehead atoms. The van der Waals surface area contributed by atoms with Gasteiger partial charge < -0.3 is 0 Å². The minimum atomic E-state index is 0.383. The second-order valence-corrected chi connectivity index (χ2v) is 9.22. The summed E-state index contributed by atoms with van der Waals surface area (Å²) in [5.74, 6) is 0.924. The summed E-state index contributed by atoms with van der Waals surface area (Å²) in [6, 6.07) is 0. The normalized spacial score (nSPS) is 11.8. The number of thioether (sulfide) groups is 1. The lowest BCUT2D eigenvalue weighted by molar-refractivity contribution is -0.111. The smallest absolute Gasteiger partial charge is 0.188 e. The minimum absolute atomic E-state index is 0.383. The summed E-state index contributed by atoms with van der Waals surface area (Å²) in [5, 5.41) is 0.383. The summed E-state index contributed by atoms with van der Waals surface area (Å²) in [7, 11) is 0. The van der Waals surface area contributed by atoms with Crippen LogP contribution in [0.2, 0.25) is 0 Å². The van der Waals surface area contributed by atoms with E-state index >= 15 is 0 Å². The fourth-order valence-electron chi connectivity index (χ4n) is 3.36. The first kappa shape index (κ1) is 27.5. The van der Waals surface area contributed by atoms with Crippen LogP contribution in [0.25, 0.3) is 0 Å². The number of carbonyl (C=O) groups excluding carboxylic acids is 1. The Bertz CT molecular complexity index is 373. The van der Waals surface area contributed by atoms with E-state index in [1.165, 1.54) is 114 Å². The molecule has 164 valence electrons. The summed E-state index contributed by atoms with van der Waals surface area (Å²) >= 11 is 1.48. The van der Waals surface area contributed by atoms with Gasteiger partial charge in [0.15, 0.2) is 5.12 Å². The van der Waals surface area contributed by atoms with Crippen LogP contribution >= 0.6 is 11.8 Å². The lowest BCUT2D eigenvalue weighted by Crippen LogP contribution is -1.92. The quantitative estimate of drug-likeness (QED) is 0.139. The molecule has 0 unspecified atom stereocenters. The summed E-state index contributed by atoms with van der Waals surface area (Å²) in [5.41, 5.74) is 0. The first-order chi connectivity index (χ1) is 13.8. The third-order valence-electron chi connectivity index (χ3n) is 5.10. The van der Waals surface area contributed by atoms with Gasteiger partial charge in [0, 0.05) is 6.42 Å². The van der Waals surface area contributed by atoms with Crippen molar-refractivity contribution in [3.05, 3.63) is 24.3 Å². The number of rotatable bonds is 21. The Morgan fingerprint density at radius 3 is 1.50 bits per heavy atom. The van der Waals surface area contributed by atoms with Gasteiger partial charge in [-0.25, -0.2) is 0 Å². The van der Waals surface area contributed by atoms with E-state index in [4.69, 9.17) is 0 Å². The van der Waals surface area contributed by atoms with E-state index in [-0.39, 0.29) is 0 Å². The maximum atomic E-state index is 11.4. The highest BCUT2D eigenvalue weighted by Crippen LogP contribution is 2.14. The number of allylic oxidation sites excluding steroid dienone is 4. The van der Waals surface area contributed by atoms with Crippen molar-refractivity contribution in [2.24, 2.45) is 0 Å². The monoisotopic (exact) mass is 408 g/mol. The van der Waals surface area contributed by atoms with Crippen LogP contribution in [0.3, 0.4) is 0 Å². The number of hydrogen-bond acceptors (Lipinski definition) is 2. The Balaban J connectivity index is 3.13. The van der Waals surface area contributed by atoms with Gasteiger partial charge in [-0.1, -0.05) is 121 Å². The molecule has 0 aromatic heterocycles. The lowest BCUT2D eigenvalue weighted by atomic mass is 10.0. The average molecular weight is 409 g/mol. The predicted molar refractivity (Wildman–Crippen MR) is 130 cm³/mol. The van der Waals surface area contributed by atoms with Crippen molar-refractivity contribution >= 4 is 16.9 Å². The maximum absolute atomic E-state index is 11.4. The predicted octanol–water partition coefficient (Wildman–Crippen LogP) is 9.42. The van der Waals surface area contributed by atoms with E-state index in [1.807, 2.05) is 0 Å². The van der Waals surface area contributed by atoms with Gasteiger partial charge in [-0.3, -0.25) is 4.79 Å². The van der Waals surface area contributed by atoms with E-state index in [0.29, 0.717) is 5.12 Å². The zero-order chi connectivity index (χ0) is 20.5. The highest BCUT2D eigenvalue weighted by atomic mass is 32.2. The van der Waals surface area contributed by atoms with Crippen LogP contribution in [-0.4, -0.2) is 10.9 Å². The van der Waals surface area contributed by atoms with Gasteiger partial charge in [0.1, 0.15) is 0 Å². The molecule has 0 radical (unpaired) electrons. The molecule has 0 spiro atoms. The first-order valence-corrected chi connectivity index (χ1v) is 13.2. The van der Waals surface area contributed by atoms with Gasteiger partial charge in [-0.05, 0) is 44.3 Å². The molecule has 0 rings (SSSR count). The summed E-state index contributed by atoms with van der Waals surface area (Å²) < 4.78 is 0. The van der Waals surface area contributed by atoms with Crippen molar-refractivity contribution in [3.63, 3.8) is 0 Å². The SMILES string of the molecule is CCC/C=C/CC/C=C/CCCCCCCCCCCCCCC(=O)SCC. The van der Waals surface area contributed by atoms with Crippen LogP contribution in [0.1, 0.15) is 129 Å². The molecular weight excluding hydrogens is 360 g/mol. The molecular formula is C26H48OS. The molecule has 0 N–H and O–H groups in total. The van der Waals surface area contributed by atoms with E-state index in [1.54, 1.807) is 0 Å². The van der Waals surface area contributed by atoms with Gasteiger partial charge in [-0.2, -0.15) is 0 Å². The zero-order valence-electron chi connectivity index (χ0n) is 19.1. The molecule has 1 nitrogen and oxygen atoms in total. The van der Waals surface area contributed by atoms with E-state index in [2.05, 4.69) is 38.2 Å². The third-order valence-corrected chi connectivity index (χ3v) is 5.91. The van der Waals surface area contributed by atoms with E-state index in [9.17, 15) is 4.79 Å². The van der Waals surface area contributed by atoms with Crippen molar-refractivity contribution in [2.45, 2.75) is 129 Å². The fourth-order valence-corrected chi connectivity index (χ4v) is 3.97.